The zero-order valence-corrected chi connectivity index (χ0v) is 13.7. The van der Waals surface area contributed by atoms with Crippen molar-refractivity contribution in [1.29, 1.82) is 0 Å². The fraction of sp³-hybridized carbons (Fsp3) is 0.500. The van der Waals surface area contributed by atoms with Crippen LogP contribution >= 0.6 is 8.60 Å². The Morgan fingerprint density at radius 1 is 1.00 bits per heavy atom. The SMILES string of the molecule is CCOP(OCC)OCC.[B]C(=O)OCc1ccccc1. The number of carbonyl (C=O) groups excluding carboxylic acids is 1. The van der Waals surface area contributed by atoms with Crippen LogP contribution < -0.4 is 0 Å². The van der Waals surface area contributed by atoms with E-state index in [0.717, 1.165) is 5.56 Å². The van der Waals surface area contributed by atoms with E-state index >= 15 is 0 Å². The van der Waals surface area contributed by atoms with Crippen molar-refractivity contribution in [3.63, 3.8) is 0 Å². The summed E-state index contributed by atoms with van der Waals surface area (Å²) in [6.07, 6.45) is 0. The van der Waals surface area contributed by atoms with Gasteiger partial charge in [-0.25, -0.2) is 0 Å². The second-order valence-electron chi connectivity index (χ2n) is 3.57. The van der Waals surface area contributed by atoms with Gasteiger partial charge in [-0.15, -0.1) is 0 Å². The van der Waals surface area contributed by atoms with E-state index in [1.54, 1.807) is 0 Å². The molecule has 116 valence electrons. The van der Waals surface area contributed by atoms with Crippen LogP contribution in [0.4, 0.5) is 4.79 Å². The molecule has 1 aromatic carbocycles. The standard InChI is InChI=1S/C8H7BO2.C6H15O3P/c9-8(10)11-6-7-4-2-1-3-5-7;1-4-7-10(8-5-2)9-6-3/h1-5H,6H2;4-6H2,1-3H3. The van der Waals surface area contributed by atoms with Gasteiger partial charge >= 0.3 is 8.60 Å². The third-order valence-electron chi connectivity index (χ3n) is 1.93. The molecule has 2 radical (unpaired) electrons. The molecule has 0 heterocycles. The lowest BCUT2D eigenvalue weighted by atomic mass is 10.2. The van der Waals surface area contributed by atoms with E-state index in [1.807, 2.05) is 51.1 Å². The highest BCUT2D eigenvalue weighted by molar-refractivity contribution is 7.41. The normalized spacial score (nSPS) is 9.90. The van der Waals surface area contributed by atoms with Gasteiger partial charge in [0.05, 0.1) is 19.8 Å². The first-order chi connectivity index (χ1) is 10.1. The van der Waals surface area contributed by atoms with Crippen molar-refractivity contribution in [2.75, 3.05) is 19.8 Å². The van der Waals surface area contributed by atoms with E-state index in [-0.39, 0.29) is 6.61 Å². The number of carbonyl (C=O) groups is 1. The van der Waals surface area contributed by atoms with E-state index in [4.69, 9.17) is 21.4 Å². The van der Waals surface area contributed by atoms with Crippen LogP contribution in [-0.4, -0.2) is 33.5 Å². The highest BCUT2D eigenvalue weighted by Gasteiger charge is 2.07. The van der Waals surface area contributed by atoms with E-state index < -0.39 is 14.5 Å². The Morgan fingerprint density at radius 3 is 1.86 bits per heavy atom. The van der Waals surface area contributed by atoms with Crippen molar-refractivity contribution < 1.29 is 23.1 Å². The monoisotopic (exact) mass is 312 g/mol. The zero-order chi connectivity index (χ0) is 15.9. The molecule has 0 unspecified atom stereocenters. The minimum absolute atomic E-state index is 0.246. The quantitative estimate of drug-likeness (QED) is 0.539. The maximum atomic E-state index is 10.2. The van der Waals surface area contributed by atoms with Gasteiger partial charge in [0.1, 0.15) is 6.61 Å². The summed E-state index contributed by atoms with van der Waals surface area (Å²) in [5.41, 5.74) is 0.936. The van der Waals surface area contributed by atoms with Crippen molar-refractivity contribution in [2.45, 2.75) is 27.4 Å². The van der Waals surface area contributed by atoms with E-state index in [2.05, 4.69) is 4.74 Å². The molecule has 0 aliphatic heterocycles. The molecule has 0 amide bonds. The Kier molecular flexibility index (Phi) is 13.4. The van der Waals surface area contributed by atoms with Crippen LogP contribution in [0.2, 0.25) is 0 Å². The molecular formula is C14H22BO5P. The average Bonchev–Trinajstić information content (AvgIpc) is 2.48. The number of ether oxygens (including phenoxy) is 1. The molecule has 21 heavy (non-hydrogen) atoms. The molecule has 5 nitrogen and oxygen atoms in total. The van der Waals surface area contributed by atoms with Crippen molar-refractivity contribution in [3.05, 3.63) is 35.9 Å². The fourth-order valence-electron chi connectivity index (χ4n) is 1.16. The Bertz CT molecular complexity index is 349. The first kappa shape index (κ1) is 20.1. The van der Waals surface area contributed by atoms with Gasteiger partial charge in [0, 0.05) is 0 Å². The highest BCUT2D eigenvalue weighted by atomic mass is 31.2. The van der Waals surface area contributed by atoms with E-state index in [1.165, 1.54) is 0 Å². The molecule has 0 bridgehead atoms. The minimum atomic E-state index is -1.06. The number of benzene rings is 1. The van der Waals surface area contributed by atoms with Crippen LogP contribution in [0.3, 0.4) is 0 Å². The summed E-state index contributed by atoms with van der Waals surface area (Å²) >= 11 is 0. The largest absolute Gasteiger partial charge is 0.470 e. The third kappa shape index (κ3) is 12.5. The van der Waals surface area contributed by atoms with Crippen LogP contribution in [0.25, 0.3) is 0 Å². The lowest BCUT2D eigenvalue weighted by molar-refractivity contribution is 0.167. The number of hydrogen-bond donors (Lipinski definition) is 0. The van der Waals surface area contributed by atoms with Gasteiger partial charge in [-0.1, -0.05) is 30.3 Å². The maximum absolute atomic E-state index is 10.2. The van der Waals surface area contributed by atoms with E-state index in [9.17, 15) is 4.79 Å². The van der Waals surface area contributed by atoms with Crippen molar-refractivity contribution in [3.8, 4) is 0 Å². The second kappa shape index (κ2) is 14.0. The molecule has 0 N–H and O–H groups in total. The predicted octanol–water partition coefficient (Wildman–Crippen LogP) is 3.81. The molecule has 1 rings (SSSR count). The molecule has 0 atom stereocenters. The van der Waals surface area contributed by atoms with Crippen LogP contribution in [-0.2, 0) is 24.9 Å². The fourth-order valence-corrected chi connectivity index (χ4v) is 2.01. The molecule has 0 fully saturated rings. The van der Waals surface area contributed by atoms with Crippen LogP contribution in [0.15, 0.2) is 30.3 Å². The number of rotatable bonds is 8. The lowest BCUT2D eigenvalue weighted by Crippen LogP contribution is -2.00. The molecule has 1 aromatic rings. The molecule has 0 aliphatic carbocycles. The number of hydrogen-bond acceptors (Lipinski definition) is 5. The predicted molar refractivity (Wildman–Crippen MR) is 84.2 cm³/mol. The van der Waals surface area contributed by atoms with Crippen LogP contribution in [0.1, 0.15) is 26.3 Å². The summed E-state index contributed by atoms with van der Waals surface area (Å²) in [6.45, 7) is 7.95. The molecule has 0 saturated carbocycles. The smallest absolute Gasteiger partial charge is 0.332 e. The Balaban J connectivity index is 0.000000384. The summed E-state index contributed by atoms with van der Waals surface area (Å²) in [5.74, 6) is -0.742. The van der Waals surface area contributed by atoms with Gasteiger partial charge < -0.3 is 18.3 Å². The molecule has 0 aromatic heterocycles. The van der Waals surface area contributed by atoms with Crippen molar-refractivity contribution >= 4 is 22.3 Å². The Morgan fingerprint density at radius 2 is 1.48 bits per heavy atom. The van der Waals surface area contributed by atoms with Gasteiger partial charge in [-0.3, -0.25) is 4.79 Å². The summed E-state index contributed by atoms with van der Waals surface area (Å²) in [6, 6.07) is 9.37. The Hall–Kier alpha value is -0.935. The van der Waals surface area contributed by atoms with Gasteiger partial charge in [0.15, 0.2) is 0 Å². The molecular weight excluding hydrogens is 290 g/mol. The second-order valence-corrected chi connectivity index (χ2v) is 4.79. The highest BCUT2D eigenvalue weighted by Crippen LogP contribution is 2.38. The van der Waals surface area contributed by atoms with Gasteiger partial charge in [-0.2, -0.15) is 0 Å². The van der Waals surface area contributed by atoms with Gasteiger partial charge in [-0.05, 0) is 26.3 Å². The zero-order valence-electron chi connectivity index (χ0n) is 12.8. The summed E-state index contributed by atoms with van der Waals surface area (Å²) in [4.78, 5) is 10.2. The molecule has 0 saturated heterocycles. The first-order valence-electron chi connectivity index (χ1n) is 6.78. The molecule has 0 spiro atoms. The first-order valence-corrected chi connectivity index (χ1v) is 7.88. The van der Waals surface area contributed by atoms with Crippen molar-refractivity contribution in [1.82, 2.24) is 0 Å². The summed E-state index contributed by atoms with van der Waals surface area (Å²) < 4.78 is 20.0. The average molecular weight is 312 g/mol. The summed E-state index contributed by atoms with van der Waals surface area (Å²) in [5, 5.41) is 0. The topological polar surface area (TPSA) is 54.0 Å². The van der Waals surface area contributed by atoms with Crippen LogP contribution in [0, 0.1) is 0 Å². The van der Waals surface area contributed by atoms with Gasteiger partial charge in [0.25, 0.3) is 0 Å². The minimum Gasteiger partial charge on any atom is -0.470 e. The molecule has 7 heteroatoms. The van der Waals surface area contributed by atoms with Crippen molar-refractivity contribution in [2.24, 2.45) is 0 Å². The van der Waals surface area contributed by atoms with E-state index in [0.29, 0.717) is 19.8 Å². The summed E-state index contributed by atoms with van der Waals surface area (Å²) in [7, 11) is 3.72. The maximum Gasteiger partial charge on any atom is 0.332 e. The van der Waals surface area contributed by atoms with Crippen LogP contribution in [0.5, 0.6) is 0 Å². The molecule has 0 aliphatic rings. The third-order valence-corrected chi connectivity index (χ3v) is 3.33. The Labute approximate surface area is 129 Å². The van der Waals surface area contributed by atoms with Gasteiger partial charge in [0.2, 0.25) is 13.7 Å². The lowest BCUT2D eigenvalue weighted by Gasteiger charge is -2.12.